The van der Waals surface area contributed by atoms with Gasteiger partial charge in [0.05, 0.1) is 5.54 Å². The zero-order valence-electron chi connectivity index (χ0n) is 11.8. The molecule has 0 spiro atoms. The van der Waals surface area contributed by atoms with Crippen molar-refractivity contribution in [3.05, 3.63) is 0 Å². The lowest BCUT2D eigenvalue weighted by Crippen LogP contribution is -2.57. The molecule has 3 N–H and O–H groups in total. The van der Waals surface area contributed by atoms with Crippen molar-refractivity contribution >= 4 is 5.91 Å². The quantitative estimate of drug-likeness (QED) is 0.775. The highest BCUT2D eigenvalue weighted by molar-refractivity contribution is 5.84. The van der Waals surface area contributed by atoms with Crippen LogP contribution in [-0.4, -0.2) is 18.0 Å². The first-order chi connectivity index (χ1) is 7.88. The fraction of sp³-hybridized carbons (Fsp3) is 0.929. The summed E-state index contributed by atoms with van der Waals surface area (Å²) in [6.45, 7) is 9.77. The van der Waals surface area contributed by atoms with Gasteiger partial charge < -0.3 is 11.1 Å². The minimum atomic E-state index is -0.435. The molecular formula is C14H28N2O. The highest BCUT2D eigenvalue weighted by Crippen LogP contribution is 2.43. The van der Waals surface area contributed by atoms with Crippen LogP contribution in [0.2, 0.25) is 0 Å². The smallest absolute Gasteiger partial charge is 0.237 e. The highest BCUT2D eigenvalue weighted by Gasteiger charge is 2.42. The molecule has 1 aliphatic carbocycles. The van der Waals surface area contributed by atoms with Gasteiger partial charge in [-0.05, 0) is 43.6 Å². The Hall–Kier alpha value is -0.570. The van der Waals surface area contributed by atoms with Crippen LogP contribution in [0.15, 0.2) is 0 Å². The molecule has 0 saturated heterocycles. The average molecular weight is 240 g/mol. The van der Waals surface area contributed by atoms with Gasteiger partial charge in [0, 0.05) is 0 Å². The van der Waals surface area contributed by atoms with Crippen LogP contribution in [0.3, 0.4) is 0 Å². The third kappa shape index (κ3) is 3.01. The Kier molecular flexibility index (Phi) is 4.59. The van der Waals surface area contributed by atoms with Crippen LogP contribution in [0.5, 0.6) is 0 Å². The largest absolute Gasteiger partial charge is 0.368 e. The number of rotatable bonds is 5. The molecule has 0 radical (unpaired) electrons. The number of carbonyl (C=O) groups is 1. The van der Waals surface area contributed by atoms with Gasteiger partial charge in [-0.25, -0.2) is 0 Å². The standard InChI is InChI=1S/C14H28N2O/c1-5-13(3,4)11-7-9-14(10-8-11,12(15)17)16-6-2/h11,16H,5-10H2,1-4H3,(H2,15,17). The number of hydrogen-bond acceptors (Lipinski definition) is 2. The van der Waals surface area contributed by atoms with E-state index < -0.39 is 5.54 Å². The van der Waals surface area contributed by atoms with E-state index in [0.29, 0.717) is 5.41 Å². The summed E-state index contributed by atoms with van der Waals surface area (Å²) in [6, 6.07) is 0. The van der Waals surface area contributed by atoms with E-state index in [9.17, 15) is 4.79 Å². The fourth-order valence-electron chi connectivity index (χ4n) is 3.03. The van der Waals surface area contributed by atoms with Crippen molar-refractivity contribution in [1.29, 1.82) is 0 Å². The van der Waals surface area contributed by atoms with Crippen molar-refractivity contribution in [3.8, 4) is 0 Å². The normalized spacial score (nSPS) is 30.2. The number of likely N-dealkylation sites (N-methyl/N-ethyl adjacent to an activating group) is 1. The van der Waals surface area contributed by atoms with Gasteiger partial charge in [0.25, 0.3) is 0 Å². The summed E-state index contributed by atoms with van der Waals surface area (Å²) in [7, 11) is 0. The molecule has 1 amide bonds. The fourth-order valence-corrected chi connectivity index (χ4v) is 3.03. The maximum absolute atomic E-state index is 11.7. The summed E-state index contributed by atoms with van der Waals surface area (Å²) in [5.74, 6) is 0.547. The van der Waals surface area contributed by atoms with Gasteiger partial charge in [0.2, 0.25) is 5.91 Å². The number of amides is 1. The van der Waals surface area contributed by atoms with Crippen LogP contribution >= 0.6 is 0 Å². The van der Waals surface area contributed by atoms with Gasteiger partial charge >= 0.3 is 0 Å². The molecule has 0 atom stereocenters. The lowest BCUT2D eigenvalue weighted by atomic mass is 9.65. The van der Waals surface area contributed by atoms with E-state index in [0.717, 1.165) is 38.1 Å². The van der Waals surface area contributed by atoms with Gasteiger partial charge in [-0.3, -0.25) is 4.79 Å². The predicted octanol–water partition coefficient (Wildman–Crippen LogP) is 2.45. The van der Waals surface area contributed by atoms with E-state index in [4.69, 9.17) is 5.73 Å². The number of nitrogens with two attached hydrogens (primary N) is 1. The zero-order chi connectivity index (χ0) is 13.1. The second-order valence-electron chi connectivity index (χ2n) is 6.09. The summed E-state index contributed by atoms with van der Waals surface area (Å²) in [5.41, 5.74) is 5.52. The first-order valence-electron chi connectivity index (χ1n) is 6.93. The first-order valence-corrected chi connectivity index (χ1v) is 6.93. The molecule has 0 aromatic heterocycles. The van der Waals surface area contributed by atoms with Crippen molar-refractivity contribution < 1.29 is 4.79 Å². The van der Waals surface area contributed by atoms with E-state index >= 15 is 0 Å². The molecule has 0 heterocycles. The number of carbonyl (C=O) groups excluding carboxylic acids is 1. The molecule has 0 aliphatic heterocycles. The van der Waals surface area contributed by atoms with Crippen molar-refractivity contribution in [1.82, 2.24) is 5.32 Å². The number of primary amides is 1. The van der Waals surface area contributed by atoms with Crippen LogP contribution < -0.4 is 11.1 Å². The third-order valence-electron chi connectivity index (χ3n) is 4.84. The Morgan fingerprint density at radius 1 is 1.35 bits per heavy atom. The van der Waals surface area contributed by atoms with Crippen molar-refractivity contribution in [2.75, 3.05) is 6.54 Å². The Balaban J connectivity index is 2.68. The highest BCUT2D eigenvalue weighted by atomic mass is 16.1. The topological polar surface area (TPSA) is 55.1 Å². The molecule has 3 heteroatoms. The molecule has 1 fully saturated rings. The Bertz CT molecular complexity index is 265. The number of nitrogens with one attached hydrogen (secondary N) is 1. The van der Waals surface area contributed by atoms with Gasteiger partial charge in [-0.2, -0.15) is 0 Å². The predicted molar refractivity (Wildman–Crippen MR) is 71.6 cm³/mol. The van der Waals surface area contributed by atoms with Crippen molar-refractivity contribution in [2.24, 2.45) is 17.1 Å². The summed E-state index contributed by atoms with van der Waals surface area (Å²) in [4.78, 5) is 11.7. The second kappa shape index (κ2) is 5.38. The minimum Gasteiger partial charge on any atom is -0.368 e. The molecule has 0 aromatic rings. The molecule has 1 rings (SSSR count). The van der Waals surface area contributed by atoms with E-state index in [2.05, 4.69) is 26.1 Å². The lowest BCUT2D eigenvalue weighted by Gasteiger charge is -2.43. The SMILES string of the molecule is CCNC1(C(N)=O)CCC(C(C)(C)CC)CC1. The maximum Gasteiger partial charge on any atom is 0.237 e. The van der Waals surface area contributed by atoms with Crippen LogP contribution in [0.4, 0.5) is 0 Å². The molecule has 3 nitrogen and oxygen atoms in total. The third-order valence-corrected chi connectivity index (χ3v) is 4.84. The summed E-state index contributed by atoms with van der Waals surface area (Å²) < 4.78 is 0. The lowest BCUT2D eigenvalue weighted by molar-refractivity contribution is -0.126. The molecule has 0 unspecified atom stereocenters. The van der Waals surface area contributed by atoms with Crippen LogP contribution in [0.25, 0.3) is 0 Å². The maximum atomic E-state index is 11.7. The van der Waals surface area contributed by atoms with E-state index in [1.807, 2.05) is 6.92 Å². The van der Waals surface area contributed by atoms with Crippen LogP contribution in [-0.2, 0) is 4.79 Å². The zero-order valence-corrected chi connectivity index (χ0v) is 11.8. The van der Waals surface area contributed by atoms with Crippen LogP contribution in [0, 0.1) is 11.3 Å². The van der Waals surface area contributed by atoms with Gasteiger partial charge in [0.15, 0.2) is 0 Å². The molecule has 0 bridgehead atoms. The monoisotopic (exact) mass is 240 g/mol. The molecular weight excluding hydrogens is 212 g/mol. The Morgan fingerprint density at radius 2 is 1.88 bits per heavy atom. The average Bonchev–Trinajstić information content (AvgIpc) is 2.30. The molecule has 1 saturated carbocycles. The first kappa shape index (κ1) is 14.5. The summed E-state index contributed by atoms with van der Waals surface area (Å²) in [6.07, 6.45) is 5.20. The second-order valence-corrected chi connectivity index (χ2v) is 6.09. The molecule has 0 aromatic carbocycles. The molecule has 1 aliphatic rings. The molecule has 17 heavy (non-hydrogen) atoms. The summed E-state index contributed by atoms with van der Waals surface area (Å²) in [5, 5.41) is 3.31. The Morgan fingerprint density at radius 3 is 2.24 bits per heavy atom. The Labute approximate surface area is 106 Å². The number of hydrogen-bond donors (Lipinski definition) is 2. The van der Waals surface area contributed by atoms with E-state index in [1.165, 1.54) is 6.42 Å². The van der Waals surface area contributed by atoms with E-state index in [1.54, 1.807) is 0 Å². The van der Waals surface area contributed by atoms with Crippen LogP contribution in [0.1, 0.15) is 59.8 Å². The van der Waals surface area contributed by atoms with Crippen molar-refractivity contribution in [3.63, 3.8) is 0 Å². The van der Waals surface area contributed by atoms with Crippen molar-refractivity contribution in [2.45, 2.75) is 65.3 Å². The van der Waals surface area contributed by atoms with E-state index in [-0.39, 0.29) is 5.91 Å². The molecule has 100 valence electrons. The van der Waals surface area contributed by atoms with Gasteiger partial charge in [-0.15, -0.1) is 0 Å². The van der Waals surface area contributed by atoms with Gasteiger partial charge in [-0.1, -0.05) is 34.1 Å². The summed E-state index contributed by atoms with van der Waals surface area (Å²) >= 11 is 0. The minimum absolute atomic E-state index is 0.174. The van der Waals surface area contributed by atoms with Gasteiger partial charge in [0.1, 0.15) is 0 Å².